The number of ketones is 1. The van der Waals surface area contributed by atoms with Crippen LogP contribution in [0.5, 0.6) is 0 Å². The van der Waals surface area contributed by atoms with E-state index in [1.807, 2.05) is 66.7 Å². The summed E-state index contributed by atoms with van der Waals surface area (Å²) in [5.41, 5.74) is 3.47. The van der Waals surface area contributed by atoms with E-state index in [1.165, 1.54) is 0 Å². The lowest BCUT2D eigenvalue weighted by Crippen LogP contribution is -2.29. The van der Waals surface area contributed by atoms with E-state index >= 15 is 0 Å². The number of carbonyl (C=O) groups is 1. The van der Waals surface area contributed by atoms with Crippen molar-refractivity contribution in [3.8, 4) is 0 Å². The Morgan fingerprint density at radius 3 is 2.62 bits per heavy atom. The Bertz CT molecular complexity index is 878. The number of para-hydroxylation sites is 1. The Morgan fingerprint density at radius 1 is 1.00 bits per heavy atom. The molecule has 0 radical (unpaired) electrons. The Kier molecular flexibility index (Phi) is 2.44. The SMILES string of the molecule is CN(c1ccccc1)n1nc2cccc3c2c1C(=O)C=C3. The molecule has 0 bridgehead atoms. The van der Waals surface area contributed by atoms with Gasteiger partial charge in [-0.2, -0.15) is 9.89 Å². The summed E-state index contributed by atoms with van der Waals surface area (Å²) < 4.78 is 0. The first-order chi connectivity index (χ1) is 10.3. The van der Waals surface area contributed by atoms with E-state index in [9.17, 15) is 4.79 Å². The van der Waals surface area contributed by atoms with Crippen molar-refractivity contribution < 1.29 is 4.79 Å². The summed E-state index contributed by atoms with van der Waals surface area (Å²) in [6.45, 7) is 0. The molecule has 1 aromatic heterocycles. The van der Waals surface area contributed by atoms with Gasteiger partial charge in [-0.3, -0.25) is 9.80 Å². The van der Waals surface area contributed by atoms with Gasteiger partial charge < -0.3 is 0 Å². The molecule has 0 fully saturated rings. The number of nitrogens with zero attached hydrogens (tertiary/aromatic N) is 3. The molecule has 0 saturated heterocycles. The third-order valence-corrected chi connectivity index (χ3v) is 3.78. The molecule has 0 aliphatic heterocycles. The lowest BCUT2D eigenvalue weighted by molar-refractivity contribution is 0.103. The van der Waals surface area contributed by atoms with Gasteiger partial charge in [-0.1, -0.05) is 36.4 Å². The molecule has 0 N–H and O–H groups in total. The van der Waals surface area contributed by atoms with Crippen LogP contribution in [0.25, 0.3) is 17.0 Å². The van der Waals surface area contributed by atoms with Crippen molar-refractivity contribution in [3.05, 3.63) is 65.9 Å². The van der Waals surface area contributed by atoms with Gasteiger partial charge in [-0.25, -0.2) is 0 Å². The van der Waals surface area contributed by atoms with Gasteiger partial charge in [0.05, 0.1) is 11.2 Å². The molecule has 0 atom stereocenters. The summed E-state index contributed by atoms with van der Waals surface area (Å²) in [5.74, 6) is -0.0148. The summed E-state index contributed by atoms with van der Waals surface area (Å²) in [4.78, 5) is 14.0. The van der Waals surface area contributed by atoms with E-state index in [-0.39, 0.29) is 5.78 Å². The number of carbonyl (C=O) groups excluding carboxylic acids is 1. The summed E-state index contributed by atoms with van der Waals surface area (Å²) >= 11 is 0. The number of benzene rings is 2. The van der Waals surface area contributed by atoms with Gasteiger partial charge >= 0.3 is 0 Å². The predicted octanol–water partition coefficient (Wildman–Crippen LogP) is 3.15. The van der Waals surface area contributed by atoms with Crippen molar-refractivity contribution in [3.63, 3.8) is 0 Å². The molecule has 4 nitrogen and oxygen atoms in total. The Balaban J connectivity index is 1.98. The summed E-state index contributed by atoms with van der Waals surface area (Å²) in [7, 11) is 1.91. The highest BCUT2D eigenvalue weighted by Crippen LogP contribution is 2.29. The molecule has 1 aliphatic rings. The van der Waals surface area contributed by atoms with Gasteiger partial charge in [0, 0.05) is 12.4 Å². The molecule has 1 heterocycles. The maximum Gasteiger partial charge on any atom is 0.206 e. The average Bonchev–Trinajstić information content (AvgIpc) is 2.92. The van der Waals surface area contributed by atoms with Gasteiger partial charge in [0.25, 0.3) is 0 Å². The predicted molar refractivity (Wildman–Crippen MR) is 83.3 cm³/mol. The van der Waals surface area contributed by atoms with Crippen molar-refractivity contribution in [1.29, 1.82) is 0 Å². The Morgan fingerprint density at radius 2 is 1.81 bits per heavy atom. The molecular formula is C17H13N3O. The Hall–Kier alpha value is -2.88. The molecule has 102 valence electrons. The highest BCUT2D eigenvalue weighted by molar-refractivity contribution is 6.18. The number of anilines is 1. The second-order valence-electron chi connectivity index (χ2n) is 5.04. The number of hydrogen-bond donors (Lipinski definition) is 0. The van der Waals surface area contributed by atoms with E-state index in [2.05, 4.69) is 5.10 Å². The molecule has 4 rings (SSSR count). The zero-order valence-corrected chi connectivity index (χ0v) is 11.5. The summed E-state index contributed by atoms with van der Waals surface area (Å²) in [6, 6.07) is 15.8. The van der Waals surface area contributed by atoms with Crippen molar-refractivity contribution in [2.75, 3.05) is 12.1 Å². The monoisotopic (exact) mass is 275 g/mol. The summed E-state index contributed by atoms with van der Waals surface area (Å²) in [5, 5.41) is 7.40. The maximum absolute atomic E-state index is 12.3. The van der Waals surface area contributed by atoms with Crippen LogP contribution in [0.1, 0.15) is 16.1 Å². The zero-order valence-electron chi connectivity index (χ0n) is 11.5. The van der Waals surface area contributed by atoms with Crippen LogP contribution in [0.2, 0.25) is 0 Å². The van der Waals surface area contributed by atoms with E-state index in [0.717, 1.165) is 22.2 Å². The fraction of sp³-hybridized carbons (Fsp3) is 0.0588. The van der Waals surface area contributed by atoms with Crippen molar-refractivity contribution in [2.24, 2.45) is 0 Å². The van der Waals surface area contributed by atoms with Crippen molar-refractivity contribution >= 4 is 28.4 Å². The molecule has 0 unspecified atom stereocenters. The van der Waals surface area contributed by atoms with Gasteiger partial charge in [-0.15, -0.1) is 0 Å². The quantitative estimate of drug-likeness (QED) is 0.721. The van der Waals surface area contributed by atoms with Gasteiger partial charge in [-0.05, 0) is 29.8 Å². The molecule has 4 heteroatoms. The van der Waals surface area contributed by atoms with Crippen LogP contribution in [-0.2, 0) is 0 Å². The molecule has 2 aromatic carbocycles. The number of hydrogen-bond acceptors (Lipinski definition) is 3. The van der Waals surface area contributed by atoms with E-state index in [0.29, 0.717) is 5.69 Å². The molecular weight excluding hydrogens is 262 g/mol. The first kappa shape index (κ1) is 11.9. The molecule has 0 spiro atoms. The van der Waals surface area contributed by atoms with Crippen molar-refractivity contribution in [1.82, 2.24) is 9.89 Å². The van der Waals surface area contributed by atoms with Crippen LogP contribution < -0.4 is 5.01 Å². The van der Waals surface area contributed by atoms with Gasteiger partial charge in [0.15, 0.2) is 0 Å². The van der Waals surface area contributed by atoms with Crippen LogP contribution in [0, 0.1) is 0 Å². The van der Waals surface area contributed by atoms with Crippen LogP contribution >= 0.6 is 0 Å². The van der Waals surface area contributed by atoms with Crippen LogP contribution in [-0.4, -0.2) is 22.7 Å². The largest absolute Gasteiger partial charge is 0.287 e. The lowest BCUT2D eigenvalue weighted by atomic mass is 10.0. The number of rotatable bonds is 2. The first-order valence-corrected chi connectivity index (χ1v) is 6.79. The second-order valence-corrected chi connectivity index (χ2v) is 5.04. The minimum Gasteiger partial charge on any atom is -0.287 e. The van der Waals surface area contributed by atoms with E-state index < -0.39 is 0 Å². The minimum atomic E-state index is -0.0148. The van der Waals surface area contributed by atoms with Crippen LogP contribution in [0.4, 0.5) is 5.69 Å². The van der Waals surface area contributed by atoms with E-state index in [1.54, 1.807) is 10.9 Å². The third-order valence-electron chi connectivity index (χ3n) is 3.78. The smallest absolute Gasteiger partial charge is 0.206 e. The average molecular weight is 275 g/mol. The number of allylic oxidation sites excluding steroid dienone is 1. The Labute approximate surface area is 121 Å². The lowest BCUT2D eigenvalue weighted by Gasteiger charge is -2.21. The van der Waals surface area contributed by atoms with Crippen LogP contribution in [0.15, 0.2) is 54.6 Å². The highest BCUT2D eigenvalue weighted by Gasteiger charge is 2.23. The molecule has 0 amide bonds. The molecule has 0 saturated carbocycles. The van der Waals surface area contributed by atoms with Gasteiger partial charge in [0.1, 0.15) is 5.69 Å². The maximum atomic E-state index is 12.3. The van der Waals surface area contributed by atoms with Crippen molar-refractivity contribution in [2.45, 2.75) is 0 Å². The topological polar surface area (TPSA) is 38.1 Å². The van der Waals surface area contributed by atoms with Crippen LogP contribution in [0.3, 0.4) is 0 Å². The highest BCUT2D eigenvalue weighted by atomic mass is 16.1. The normalized spacial score (nSPS) is 12.9. The van der Waals surface area contributed by atoms with Gasteiger partial charge in [0.2, 0.25) is 5.78 Å². The second kappa shape index (κ2) is 4.31. The fourth-order valence-electron chi connectivity index (χ4n) is 2.73. The summed E-state index contributed by atoms with van der Waals surface area (Å²) in [6.07, 6.45) is 3.46. The molecule has 3 aromatic rings. The zero-order chi connectivity index (χ0) is 14.4. The standard InChI is InChI=1S/C17H13N3O/c1-19(13-7-3-2-4-8-13)20-17-15(21)11-10-12-6-5-9-14(18-20)16(12)17/h2-11H,1H3. The number of aromatic nitrogens is 2. The third kappa shape index (κ3) is 1.69. The van der Waals surface area contributed by atoms with E-state index in [4.69, 9.17) is 0 Å². The fourth-order valence-corrected chi connectivity index (χ4v) is 2.73. The molecule has 1 aliphatic carbocycles. The molecule has 21 heavy (non-hydrogen) atoms. The minimum absolute atomic E-state index is 0.0148. The first-order valence-electron chi connectivity index (χ1n) is 6.79.